The Morgan fingerprint density at radius 1 is 1.14 bits per heavy atom. The number of esters is 1. The molecule has 1 amide bonds. The van der Waals surface area contributed by atoms with Crippen molar-refractivity contribution in [3.05, 3.63) is 12.7 Å². The minimum absolute atomic E-state index is 0.0226. The molecule has 0 saturated carbocycles. The van der Waals surface area contributed by atoms with Gasteiger partial charge in [-0.3, -0.25) is 9.35 Å². The molecule has 0 saturated heterocycles. The zero-order chi connectivity index (χ0) is 22.8. The summed E-state index contributed by atoms with van der Waals surface area (Å²) in [6, 6.07) is -3.00. The van der Waals surface area contributed by atoms with Crippen LogP contribution in [0.25, 0.3) is 0 Å². The summed E-state index contributed by atoms with van der Waals surface area (Å²) in [6.07, 6.45) is -11.6. The molecule has 0 rings (SSSR count). The maximum absolute atomic E-state index is 13.3. The standard InChI is InChI=1S/C11H11F8NO7S/c1-3-6(21)27-9(11(17,18)19,7(22)20-5(2)10(14,15)16)26-4-8(12,13)28(23,24)25/h3,5H,1,4H2,2H3,(H,20,22)(H,23,24,25). The lowest BCUT2D eigenvalue weighted by atomic mass is 10.2. The fraction of sp³-hybridized carbons (Fsp3) is 0.636. The molecule has 2 N–H and O–H groups in total. The fourth-order valence-corrected chi connectivity index (χ4v) is 1.43. The summed E-state index contributed by atoms with van der Waals surface area (Å²) in [4.78, 5) is 22.9. The van der Waals surface area contributed by atoms with E-state index < -0.39 is 58.0 Å². The van der Waals surface area contributed by atoms with Crippen LogP contribution in [-0.2, 0) is 29.2 Å². The molecule has 0 radical (unpaired) electrons. The van der Waals surface area contributed by atoms with E-state index in [0.717, 1.165) is 0 Å². The van der Waals surface area contributed by atoms with E-state index in [-0.39, 0.29) is 13.0 Å². The Morgan fingerprint density at radius 3 is 1.93 bits per heavy atom. The van der Waals surface area contributed by atoms with Crippen molar-refractivity contribution >= 4 is 22.0 Å². The Kier molecular flexibility index (Phi) is 7.57. The molecule has 0 fully saturated rings. The van der Waals surface area contributed by atoms with Gasteiger partial charge in [-0.2, -0.15) is 43.5 Å². The molecule has 164 valence electrons. The summed E-state index contributed by atoms with van der Waals surface area (Å²) >= 11 is 0. The number of hydrogen-bond donors (Lipinski definition) is 2. The summed E-state index contributed by atoms with van der Waals surface area (Å²) in [5, 5.41) is -4.76. The molecule has 0 aliphatic carbocycles. The molecule has 2 atom stereocenters. The molecule has 2 unspecified atom stereocenters. The molecule has 0 aliphatic rings. The molecule has 8 nitrogen and oxygen atoms in total. The van der Waals surface area contributed by atoms with Gasteiger partial charge in [0.05, 0.1) is 0 Å². The zero-order valence-corrected chi connectivity index (χ0v) is 14.2. The van der Waals surface area contributed by atoms with Gasteiger partial charge >= 0.3 is 45.4 Å². The Labute approximate surface area is 151 Å². The highest BCUT2D eigenvalue weighted by Gasteiger charge is 2.68. The number of nitrogens with one attached hydrogen (secondary N) is 1. The van der Waals surface area contributed by atoms with Crippen molar-refractivity contribution in [2.45, 2.75) is 36.4 Å². The fourth-order valence-electron chi connectivity index (χ4n) is 1.23. The quantitative estimate of drug-likeness (QED) is 0.188. The van der Waals surface area contributed by atoms with Gasteiger partial charge in [0.2, 0.25) is 0 Å². The monoisotopic (exact) mass is 453 g/mol. The van der Waals surface area contributed by atoms with E-state index in [2.05, 4.69) is 16.1 Å². The Morgan fingerprint density at radius 2 is 1.61 bits per heavy atom. The van der Waals surface area contributed by atoms with Gasteiger partial charge in [-0.05, 0) is 6.92 Å². The minimum atomic E-state index is -6.37. The number of hydrogen-bond acceptors (Lipinski definition) is 6. The van der Waals surface area contributed by atoms with Crippen LogP contribution in [0.15, 0.2) is 12.7 Å². The van der Waals surface area contributed by atoms with Crippen LogP contribution in [0.3, 0.4) is 0 Å². The minimum Gasteiger partial charge on any atom is -0.412 e. The zero-order valence-electron chi connectivity index (χ0n) is 13.4. The lowest BCUT2D eigenvalue weighted by molar-refractivity contribution is -0.353. The average Bonchev–Trinajstić information content (AvgIpc) is 2.47. The second-order valence-corrected chi connectivity index (χ2v) is 6.42. The smallest absolute Gasteiger partial charge is 0.412 e. The Hall–Kier alpha value is -2.01. The molecule has 0 aromatic rings. The lowest BCUT2D eigenvalue weighted by Gasteiger charge is -2.34. The van der Waals surface area contributed by atoms with Gasteiger partial charge < -0.3 is 14.8 Å². The van der Waals surface area contributed by atoms with Crippen molar-refractivity contribution in [1.29, 1.82) is 0 Å². The maximum Gasteiger partial charge on any atom is 0.466 e. The van der Waals surface area contributed by atoms with Crippen LogP contribution in [0.4, 0.5) is 35.1 Å². The molecule has 0 heterocycles. The van der Waals surface area contributed by atoms with Crippen LogP contribution >= 0.6 is 0 Å². The van der Waals surface area contributed by atoms with E-state index in [0.29, 0.717) is 5.32 Å². The SMILES string of the molecule is C=CC(=O)OC(OCC(F)(F)S(=O)(=O)O)(C(=O)NC(C)C(F)(F)F)C(F)(F)F. The molecule has 0 aliphatic heterocycles. The van der Waals surface area contributed by atoms with E-state index in [1.807, 2.05) is 0 Å². The summed E-state index contributed by atoms with van der Waals surface area (Å²) in [5.41, 5.74) is 0. The largest absolute Gasteiger partial charge is 0.466 e. The first-order valence-electron chi connectivity index (χ1n) is 6.50. The number of rotatable bonds is 8. The van der Waals surface area contributed by atoms with Crippen molar-refractivity contribution in [3.8, 4) is 0 Å². The number of ether oxygens (including phenoxy) is 2. The van der Waals surface area contributed by atoms with Crippen LogP contribution in [-0.4, -0.2) is 60.9 Å². The van der Waals surface area contributed by atoms with Crippen LogP contribution in [0.1, 0.15) is 6.92 Å². The van der Waals surface area contributed by atoms with Gasteiger partial charge in [0.15, 0.2) is 0 Å². The summed E-state index contributed by atoms with van der Waals surface area (Å²) in [5.74, 6) is -10.2. The molecule has 0 bridgehead atoms. The highest BCUT2D eigenvalue weighted by Crippen LogP contribution is 2.38. The van der Waals surface area contributed by atoms with Gasteiger partial charge in [-0.15, -0.1) is 0 Å². The van der Waals surface area contributed by atoms with E-state index in [4.69, 9.17) is 4.55 Å². The maximum atomic E-state index is 13.3. The molecule has 0 spiro atoms. The normalized spacial score (nSPS) is 16.6. The van der Waals surface area contributed by atoms with E-state index in [9.17, 15) is 53.1 Å². The molecular formula is C11H11F8NO7S. The van der Waals surface area contributed by atoms with E-state index in [1.165, 1.54) is 0 Å². The molecule has 0 aromatic carbocycles. The van der Waals surface area contributed by atoms with Crippen LogP contribution in [0.5, 0.6) is 0 Å². The van der Waals surface area contributed by atoms with Gasteiger partial charge in [-0.1, -0.05) is 6.58 Å². The van der Waals surface area contributed by atoms with Crippen molar-refractivity contribution in [2.24, 2.45) is 0 Å². The van der Waals surface area contributed by atoms with Gasteiger partial charge in [-0.25, -0.2) is 4.79 Å². The number of carbonyl (C=O) groups is 2. The Balaban J connectivity index is 6.21. The predicted molar refractivity (Wildman–Crippen MR) is 71.2 cm³/mol. The average molecular weight is 453 g/mol. The van der Waals surface area contributed by atoms with Crippen molar-refractivity contribution in [1.82, 2.24) is 5.32 Å². The van der Waals surface area contributed by atoms with Crippen molar-refractivity contribution in [3.63, 3.8) is 0 Å². The second kappa shape index (κ2) is 8.16. The van der Waals surface area contributed by atoms with Crippen LogP contribution < -0.4 is 5.32 Å². The first-order valence-corrected chi connectivity index (χ1v) is 7.94. The highest BCUT2D eigenvalue weighted by atomic mass is 32.2. The third-order valence-corrected chi connectivity index (χ3v) is 3.62. The number of carbonyl (C=O) groups excluding carboxylic acids is 2. The number of alkyl halides is 8. The van der Waals surface area contributed by atoms with Gasteiger partial charge in [0, 0.05) is 6.08 Å². The first kappa shape index (κ1) is 26.0. The second-order valence-electron chi connectivity index (χ2n) is 4.88. The van der Waals surface area contributed by atoms with E-state index >= 15 is 0 Å². The third-order valence-electron chi connectivity index (χ3n) is 2.74. The molecule has 17 heteroatoms. The van der Waals surface area contributed by atoms with Crippen molar-refractivity contribution < 1.29 is 67.2 Å². The first-order chi connectivity index (χ1) is 12.2. The van der Waals surface area contributed by atoms with Crippen LogP contribution in [0.2, 0.25) is 0 Å². The summed E-state index contributed by atoms with van der Waals surface area (Å²) < 4.78 is 140. The number of halogens is 8. The third kappa shape index (κ3) is 5.99. The molecular weight excluding hydrogens is 442 g/mol. The predicted octanol–water partition coefficient (Wildman–Crippen LogP) is 1.54. The summed E-state index contributed by atoms with van der Waals surface area (Å²) in [6.45, 7) is -0.132. The van der Waals surface area contributed by atoms with E-state index in [1.54, 1.807) is 0 Å². The lowest BCUT2D eigenvalue weighted by Crippen LogP contribution is -2.64. The Bertz CT molecular complexity index is 717. The highest BCUT2D eigenvalue weighted by molar-refractivity contribution is 7.86. The van der Waals surface area contributed by atoms with Gasteiger partial charge in [0.25, 0.3) is 0 Å². The van der Waals surface area contributed by atoms with Crippen molar-refractivity contribution in [2.75, 3.05) is 6.61 Å². The number of amides is 1. The molecule has 0 aromatic heterocycles. The topological polar surface area (TPSA) is 119 Å². The molecule has 28 heavy (non-hydrogen) atoms. The van der Waals surface area contributed by atoms with Crippen LogP contribution in [0, 0.1) is 0 Å². The van der Waals surface area contributed by atoms with Gasteiger partial charge in [0.1, 0.15) is 12.6 Å². The summed E-state index contributed by atoms with van der Waals surface area (Å²) in [7, 11) is -6.37.